The minimum absolute atomic E-state index is 0.286. The van der Waals surface area contributed by atoms with E-state index in [9.17, 15) is 4.79 Å². The van der Waals surface area contributed by atoms with Crippen LogP contribution in [0.25, 0.3) is 5.70 Å². The number of anilines is 1. The van der Waals surface area contributed by atoms with Gasteiger partial charge in [0.05, 0.1) is 17.9 Å². The third-order valence-corrected chi connectivity index (χ3v) is 4.16. The highest BCUT2D eigenvalue weighted by atomic mass is 16.5. The molecular weight excluding hydrogens is 330 g/mol. The van der Waals surface area contributed by atoms with Crippen molar-refractivity contribution in [3.63, 3.8) is 0 Å². The summed E-state index contributed by atoms with van der Waals surface area (Å²) in [6.07, 6.45) is 4.88. The highest BCUT2D eigenvalue weighted by molar-refractivity contribution is 6.02. The van der Waals surface area contributed by atoms with E-state index < -0.39 is 12.0 Å². The van der Waals surface area contributed by atoms with Crippen LogP contribution in [0.2, 0.25) is 0 Å². The number of fused-ring (bicyclic) bond motifs is 1. The molecular formula is C19H17N5O2. The van der Waals surface area contributed by atoms with Gasteiger partial charge in [-0.15, -0.1) is 0 Å². The molecule has 1 aliphatic heterocycles. The molecule has 0 radical (unpaired) electrons. The standard InChI is InChI=1S/C19H17N5O2/c1-2-26-18(25)15-16(13-7-4-3-5-8-13)23-19-21-12-22-24(19)17(15)14-9-6-10-20-11-14/h3-12,17H,2H2,1H3,(H,21,22,23). The van der Waals surface area contributed by atoms with Gasteiger partial charge in [-0.05, 0) is 24.1 Å². The van der Waals surface area contributed by atoms with Gasteiger partial charge in [0.15, 0.2) is 0 Å². The molecule has 0 saturated carbocycles. The maximum absolute atomic E-state index is 12.9. The van der Waals surface area contributed by atoms with Crippen LogP contribution in [0.1, 0.15) is 24.1 Å². The lowest BCUT2D eigenvalue weighted by Crippen LogP contribution is -2.30. The lowest BCUT2D eigenvalue weighted by molar-refractivity contribution is -0.138. The van der Waals surface area contributed by atoms with E-state index in [0.717, 1.165) is 11.1 Å². The first-order chi connectivity index (χ1) is 12.8. The largest absolute Gasteiger partial charge is 0.463 e. The van der Waals surface area contributed by atoms with E-state index in [2.05, 4.69) is 20.4 Å². The molecule has 4 rings (SSSR count). The van der Waals surface area contributed by atoms with Gasteiger partial charge in [-0.3, -0.25) is 4.98 Å². The maximum atomic E-state index is 12.9. The molecule has 1 aliphatic rings. The predicted octanol–water partition coefficient (Wildman–Crippen LogP) is 2.66. The fourth-order valence-corrected chi connectivity index (χ4v) is 3.07. The van der Waals surface area contributed by atoms with Crippen LogP contribution in [-0.2, 0) is 9.53 Å². The Hall–Kier alpha value is -3.48. The number of ether oxygens (including phenoxy) is 1. The molecule has 26 heavy (non-hydrogen) atoms. The number of nitrogens with zero attached hydrogens (tertiary/aromatic N) is 4. The molecule has 3 aromatic rings. The fourth-order valence-electron chi connectivity index (χ4n) is 3.07. The van der Waals surface area contributed by atoms with Gasteiger partial charge >= 0.3 is 5.97 Å². The van der Waals surface area contributed by atoms with Crippen molar-refractivity contribution in [1.29, 1.82) is 0 Å². The summed E-state index contributed by atoms with van der Waals surface area (Å²) in [7, 11) is 0. The zero-order valence-electron chi connectivity index (χ0n) is 14.2. The summed E-state index contributed by atoms with van der Waals surface area (Å²) in [5.41, 5.74) is 2.85. The van der Waals surface area contributed by atoms with Crippen LogP contribution in [0.5, 0.6) is 0 Å². The summed E-state index contributed by atoms with van der Waals surface area (Å²) >= 11 is 0. The first-order valence-corrected chi connectivity index (χ1v) is 8.32. The second-order valence-corrected chi connectivity index (χ2v) is 5.72. The summed E-state index contributed by atoms with van der Waals surface area (Å²) in [4.78, 5) is 21.4. The molecule has 1 unspecified atom stereocenters. The summed E-state index contributed by atoms with van der Waals surface area (Å²) < 4.78 is 7.03. The van der Waals surface area contributed by atoms with Crippen LogP contribution in [0.3, 0.4) is 0 Å². The molecule has 7 heteroatoms. The average Bonchev–Trinajstić information content (AvgIpc) is 3.16. The van der Waals surface area contributed by atoms with Crippen LogP contribution in [0.15, 0.2) is 66.8 Å². The Morgan fingerprint density at radius 3 is 2.81 bits per heavy atom. The Bertz CT molecular complexity index is 950. The number of hydrogen-bond acceptors (Lipinski definition) is 6. The number of pyridine rings is 1. The number of rotatable bonds is 4. The first kappa shape index (κ1) is 16.0. The highest BCUT2D eigenvalue weighted by Crippen LogP contribution is 2.38. The van der Waals surface area contributed by atoms with Gasteiger partial charge < -0.3 is 10.1 Å². The van der Waals surface area contributed by atoms with Gasteiger partial charge in [-0.2, -0.15) is 10.1 Å². The van der Waals surface area contributed by atoms with Crippen molar-refractivity contribution >= 4 is 17.6 Å². The van der Waals surface area contributed by atoms with E-state index in [4.69, 9.17) is 4.74 Å². The van der Waals surface area contributed by atoms with Gasteiger partial charge in [0.2, 0.25) is 5.95 Å². The average molecular weight is 347 g/mol. The van der Waals surface area contributed by atoms with Gasteiger partial charge in [0, 0.05) is 12.4 Å². The smallest absolute Gasteiger partial charge is 0.338 e. The molecule has 0 amide bonds. The Kier molecular flexibility index (Phi) is 4.18. The zero-order valence-corrected chi connectivity index (χ0v) is 14.2. The minimum Gasteiger partial charge on any atom is -0.463 e. The summed E-state index contributed by atoms with van der Waals surface area (Å²) in [5, 5.41) is 7.54. The Morgan fingerprint density at radius 1 is 1.23 bits per heavy atom. The highest BCUT2D eigenvalue weighted by Gasteiger charge is 2.36. The van der Waals surface area contributed by atoms with Gasteiger partial charge in [0.25, 0.3) is 0 Å². The number of carbonyl (C=O) groups excluding carboxylic acids is 1. The van der Waals surface area contributed by atoms with Gasteiger partial charge in [0.1, 0.15) is 12.4 Å². The number of aromatic nitrogens is 4. The number of nitrogens with one attached hydrogen (secondary N) is 1. The Labute approximate surface area is 150 Å². The molecule has 2 aromatic heterocycles. The Morgan fingerprint density at radius 2 is 2.08 bits per heavy atom. The summed E-state index contributed by atoms with van der Waals surface area (Å²) in [6, 6.07) is 12.9. The van der Waals surface area contributed by atoms with E-state index in [1.165, 1.54) is 6.33 Å². The Balaban J connectivity index is 1.96. The van der Waals surface area contributed by atoms with Crippen molar-refractivity contribution in [3.05, 3.63) is 77.9 Å². The van der Waals surface area contributed by atoms with Crippen molar-refractivity contribution in [2.75, 3.05) is 11.9 Å². The molecule has 0 spiro atoms. The molecule has 130 valence electrons. The third kappa shape index (κ3) is 2.73. The topological polar surface area (TPSA) is 81.9 Å². The molecule has 0 saturated heterocycles. The van der Waals surface area contributed by atoms with Crippen molar-refractivity contribution in [3.8, 4) is 0 Å². The van der Waals surface area contributed by atoms with Crippen LogP contribution < -0.4 is 5.32 Å². The monoisotopic (exact) mass is 347 g/mol. The number of carbonyl (C=O) groups is 1. The van der Waals surface area contributed by atoms with Crippen LogP contribution in [0.4, 0.5) is 5.95 Å². The SMILES string of the molecule is CCOC(=O)C1=C(c2ccccc2)Nc2ncnn2C1c1cccnc1. The first-order valence-electron chi connectivity index (χ1n) is 8.32. The zero-order chi connectivity index (χ0) is 17.9. The predicted molar refractivity (Wildman–Crippen MR) is 96.0 cm³/mol. The van der Waals surface area contributed by atoms with Crippen molar-refractivity contribution in [2.24, 2.45) is 0 Å². The number of benzene rings is 1. The lowest BCUT2D eigenvalue weighted by atomic mass is 9.94. The van der Waals surface area contributed by atoms with E-state index in [0.29, 0.717) is 17.2 Å². The summed E-state index contributed by atoms with van der Waals surface area (Å²) in [5.74, 6) is 0.166. The molecule has 7 nitrogen and oxygen atoms in total. The van der Waals surface area contributed by atoms with Crippen molar-refractivity contribution in [1.82, 2.24) is 19.7 Å². The van der Waals surface area contributed by atoms with Crippen molar-refractivity contribution < 1.29 is 9.53 Å². The molecule has 0 aliphatic carbocycles. The normalized spacial score (nSPS) is 16.0. The van der Waals surface area contributed by atoms with Crippen molar-refractivity contribution in [2.45, 2.75) is 13.0 Å². The van der Waals surface area contributed by atoms with E-state index >= 15 is 0 Å². The fraction of sp³-hybridized carbons (Fsp3) is 0.158. The minimum atomic E-state index is -0.475. The molecule has 0 fully saturated rings. The lowest BCUT2D eigenvalue weighted by Gasteiger charge is -2.29. The van der Waals surface area contributed by atoms with E-state index in [1.807, 2.05) is 42.5 Å². The van der Waals surface area contributed by atoms with Crippen LogP contribution >= 0.6 is 0 Å². The summed E-state index contributed by atoms with van der Waals surface area (Å²) in [6.45, 7) is 2.07. The van der Waals surface area contributed by atoms with E-state index in [1.54, 1.807) is 24.0 Å². The molecule has 1 atom stereocenters. The number of hydrogen-bond donors (Lipinski definition) is 1. The molecule has 1 N–H and O–H groups in total. The second kappa shape index (κ2) is 6.79. The van der Waals surface area contributed by atoms with Gasteiger partial charge in [-0.1, -0.05) is 36.4 Å². The van der Waals surface area contributed by atoms with Crippen LogP contribution in [0, 0.1) is 0 Å². The molecule has 3 heterocycles. The second-order valence-electron chi connectivity index (χ2n) is 5.72. The van der Waals surface area contributed by atoms with Gasteiger partial charge in [-0.25, -0.2) is 9.48 Å². The quantitative estimate of drug-likeness (QED) is 0.731. The molecule has 0 bridgehead atoms. The van der Waals surface area contributed by atoms with E-state index in [-0.39, 0.29) is 6.61 Å². The molecule has 1 aromatic carbocycles. The number of esters is 1. The third-order valence-electron chi connectivity index (χ3n) is 4.16. The van der Waals surface area contributed by atoms with Crippen LogP contribution in [-0.4, -0.2) is 32.3 Å². The maximum Gasteiger partial charge on any atom is 0.338 e.